The summed E-state index contributed by atoms with van der Waals surface area (Å²) in [6.07, 6.45) is 3.87. The third-order valence-electron chi connectivity index (χ3n) is 9.85. The van der Waals surface area contributed by atoms with Gasteiger partial charge >= 0.3 is 0 Å². The van der Waals surface area contributed by atoms with E-state index in [1.165, 1.54) is 65.3 Å². The van der Waals surface area contributed by atoms with Gasteiger partial charge < -0.3 is 9.80 Å². The largest absolute Gasteiger partial charge is 0.309 e. The maximum absolute atomic E-state index is 4.63. The topological polar surface area (TPSA) is 19.4 Å². The maximum Gasteiger partial charge on any atom is 0.245 e. The van der Waals surface area contributed by atoms with Gasteiger partial charge in [-0.1, -0.05) is 137 Å². The first-order valence-electron chi connectivity index (χ1n) is 16.1. The summed E-state index contributed by atoms with van der Waals surface area (Å²) in [6, 6.07) is 55.6. The lowest BCUT2D eigenvalue weighted by Crippen LogP contribution is -2.76. The smallest absolute Gasteiger partial charge is 0.245 e. The fourth-order valence-electron chi connectivity index (χ4n) is 8.02. The lowest BCUT2D eigenvalue weighted by atomic mass is 9.20. The zero-order chi connectivity index (χ0) is 30.9. The monoisotopic (exact) mass is 615 g/mol. The van der Waals surface area contributed by atoms with E-state index in [4.69, 9.17) is 0 Å². The summed E-state index contributed by atoms with van der Waals surface area (Å²) in [7, 11) is 0. The van der Waals surface area contributed by atoms with E-state index in [-0.39, 0.29) is 13.4 Å². The molecule has 0 saturated heterocycles. The van der Waals surface area contributed by atoms with E-state index in [0.717, 1.165) is 11.4 Å². The zero-order valence-electron chi connectivity index (χ0n) is 25.5. The first-order chi connectivity index (χ1) is 23.4. The normalized spacial score (nSPS) is 13.7. The molecular formula is C41H27B2N3S. The van der Waals surface area contributed by atoms with Crippen LogP contribution in [0, 0.1) is 0 Å². The van der Waals surface area contributed by atoms with Crippen LogP contribution in [-0.2, 0) is 0 Å². The molecule has 3 nitrogen and oxygen atoms in total. The van der Waals surface area contributed by atoms with Gasteiger partial charge in [-0.2, -0.15) is 0 Å². The number of para-hydroxylation sites is 3. The number of rotatable bonds is 3. The average molecular weight is 615 g/mol. The molecule has 3 aliphatic heterocycles. The van der Waals surface area contributed by atoms with E-state index in [1.54, 1.807) is 0 Å². The van der Waals surface area contributed by atoms with E-state index in [0.29, 0.717) is 0 Å². The average Bonchev–Trinajstić information content (AvgIpc) is 3.15. The van der Waals surface area contributed by atoms with Crippen LogP contribution >= 0.6 is 11.8 Å². The number of hydrogen-bond acceptors (Lipinski definition) is 4. The van der Waals surface area contributed by atoms with Crippen molar-refractivity contribution in [1.82, 2.24) is 4.98 Å². The molecule has 1 aromatic heterocycles. The molecule has 0 amide bonds. The highest BCUT2D eigenvalue weighted by molar-refractivity contribution is 8.00. The fourth-order valence-corrected chi connectivity index (χ4v) is 9.21. The van der Waals surface area contributed by atoms with Crippen LogP contribution in [0.5, 0.6) is 0 Å². The molecule has 0 bridgehead atoms. The first kappa shape index (κ1) is 26.7. The molecule has 0 aliphatic carbocycles. The predicted octanol–water partition coefficient (Wildman–Crippen LogP) is 6.15. The molecule has 47 heavy (non-hydrogen) atoms. The van der Waals surface area contributed by atoms with Crippen LogP contribution in [0.2, 0.25) is 0 Å². The number of aromatic nitrogens is 1. The van der Waals surface area contributed by atoms with Crippen molar-refractivity contribution in [2.45, 2.75) is 9.79 Å². The number of benzene rings is 6. The Labute approximate surface area is 279 Å². The van der Waals surface area contributed by atoms with Crippen LogP contribution in [0.1, 0.15) is 0 Å². The van der Waals surface area contributed by atoms with Gasteiger partial charge in [-0.05, 0) is 59.5 Å². The molecule has 0 saturated carbocycles. The van der Waals surface area contributed by atoms with Crippen molar-refractivity contribution >= 4 is 92.1 Å². The summed E-state index contributed by atoms with van der Waals surface area (Å²) in [5, 5.41) is 0. The van der Waals surface area contributed by atoms with Crippen LogP contribution in [0.25, 0.3) is 0 Å². The molecule has 0 radical (unpaired) electrons. The van der Waals surface area contributed by atoms with Gasteiger partial charge in [0.05, 0.1) is 33.8 Å². The van der Waals surface area contributed by atoms with Crippen LogP contribution in [-0.4, -0.2) is 18.4 Å². The molecular weight excluding hydrogens is 588 g/mol. The highest BCUT2D eigenvalue weighted by atomic mass is 32.2. The van der Waals surface area contributed by atoms with Gasteiger partial charge in [-0.15, -0.1) is 0 Å². The van der Waals surface area contributed by atoms with Crippen molar-refractivity contribution in [3.8, 4) is 0 Å². The standard InChI is InChI=1S/C41H27B2N3S/c1-3-14-28(15-4-1)42-31-19-7-8-20-32(31)43-33-21-9-10-22-35(33)46(30-18-13-25-44-27-30)40-39(43)34(42)26-37-41(40)47-38-24-12-11-23-36(38)45(37)29-16-5-2-6-17-29/h1-27H. The highest BCUT2D eigenvalue weighted by Crippen LogP contribution is 2.55. The molecule has 0 fully saturated rings. The van der Waals surface area contributed by atoms with Crippen molar-refractivity contribution in [2.75, 3.05) is 9.80 Å². The van der Waals surface area contributed by atoms with Crippen molar-refractivity contribution < 1.29 is 0 Å². The molecule has 6 heteroatoms. The van der Waals surface area contributed by atoms with Crippen LogP contribution in [0.15, 0.2) is 174 Å². The van der Waals surface area contributed by atoms with Crippen LogP contribution in [0.3, 0.4) is 0 Å². The summed E-state index contributed by atoms with van der Waals surface area (Å²) in [5.74, 6) is 0. The molecule has 7 aromatic rings. The minimum atomic E-state index is 0.0866. The Morgan fingerprint density at radius 3 is 1.89 bits per heavy atom. The number of fused-ring (bicyclic) bond motifs is 7. The number of anilines is 6. The second-order valence-electron chi connectivity index (χ2n) is 12.3. The predicted molar refractivity (Wildman–Crippen MR) is 200 cm³/mol. The Kier molecular flexibility index (Phi) is 6.00. The lowest BCUT2D eigenvalue weighted by Gasteiger charge is -2.45. The van der Waals surface area contributed by atoms with Gasteiger partial charge in [-0.25, -0.2) is 0 Å². The van der Waals surface area contributed by atoms with E-state index < -0.39 is 0 Å². The maximum atomic E-state index is 4.63. The molecule has 10 rings (SSSR count). The second kappa shape index (κ2) is 10.5. The molecule has 0 atom stereocenters. The number of pyridine rings is 1. The SMILES string of the molecule is c1ccc(B2c3ccccc3B3c4ccccc4N(c4cccnc4)c4c5c(cc2c43)N(c2ccccc2)c2ccccc2S5)cc1. The van der Waals surface area contributed by atoms with E-state index >= 15 is 0 Å². The van der Waals surface area contributed by atoms with Gasteiger partial charge in [0.25, 0.3) is 0 Å². The Morgan fingerprint density at radius 1 is 0.489 bits per heavy atom. The molecule has 0 N–H and O–H groups in total. The molecule has 218 valence electrons. The third kappa shape index (κ3) is 3.95. The Bertz CT molecular complexity index is 2300. The van der Waals surface area contributed by atoms with E-state index in [1.807, 2.05) is 30.2 Å². The Balaban J connectivity index is 1.38. The van der Waals surface area contributed by atoms with Gasteiger partial charge in [-0.3, -0.25) is 4.98 Å². The van der Waals surface area contributed by atoms with Gasteiger partial charge in [0, 0.05) is 22.5 Å². The van der Waals surface area contributed by atoms with Crippen molar-refractivity contribution in [3.05, 3.63) is 164 Å². The molecule has 6 aromatic carbocycles. The highest BCUT2D eigenvalue weighted by Gasteiger charge is 2.47. The minimum absolute atomic E-state index is 0.0866. The quantitative estimate of drug-likeness (QED) is 0.222. The number of hydrogen-bond donors (Lipinski definition) is 0. The van der Waals surface area contributed by atoms with E-state index in [2.05, 4.69) is 160 Å². The Morgan fingerprint density at radius 2 is 1.13 bits per heavy atom. The summed E-state index contributed by atoms with van der Waals surface area (Å²) in [6.45, 7) is 0.192. The summed E-state index contributed by atoms with van der Waals surface area (Å²) < 4.78 is 0. The van der Waals surface area contributed by atoms with Gasteiger partial charge in [0.2, 0.25) is 13.4 Å². The number of nitrogens with zero attached hydrogens (tertiary/aromatic N) is 3. The molecule has 0 spiro atoms. The Hall–Kier alpha value is -5.45. The van der Waals surface area contributed by atoms with Gasteiger partial charge in [0.15, 0.2) is 0 Å². The third-order valence-corrected chi connectivity index (χ3v) is 11.0. The van der Waals surface area contributed by atoms with Crippen LogP contribution in [0.4, 0.5) is 34.1 Å². The van der Waals surface area contributed by atoms with Crippen LogP contribution < -0.4 is 42.6 Å². The van der Waals surface area contributed by atoms with Gasteiger partial charge in [0.1, 0.15) is 0 Å². The van der Waals surface area contributed by atoms with Crippen molar-refractivity contribution in [1.29, 1.82) is 0 Å². The summed E-state index contributed by atoms with van der Waals surface area (Å²) in [5.41, 5.74) is 15.2. The molecule has 0 unspecified atom stereocenters. The van der Waals surface area contributed by atoms with E-state index in [9.17, 15) is 0 Å². The zero-order valence-corrected chi connectivity index (χ0v) is 26.3. The summed E-state index contributed by atoms with van der Waals surface area (Å²) >= 11 is 1.89. The van der Waals surface area contributed by atoms with Crippen molar-refractivity contribution in [2.24, 2.45) is 0 Å². The lowest BCUT2D eigenvalue weighted by molar-refractivity contribution is 1.14. The van der Waals surface area contributed by atoms with Crippen molar-refractivity contribution in [3.63, 3.8) is 0 Å². The fraction of sp³-hybridized carbons (Fsp3) is 0. The minimum Gasteiger partial charge on any atom is -0.309 e. The molecule has 4 heterocycles. The second-order valence-corrected chi connectivity index (χ2v) is 13.4. The summed E-state index contributed by atoms with van der Waals surface area (Å²) in [4.78, 5) is 12.1. The molecule has 3 aliphatic rings. The first-order valence-corrected chi connectivity index (χ1v) is 16.9.